The number of piperidine rings is 1. The number of aryl methyl sites for hydroxylation is 1. The van der Waals surface area contributed by atoms with Crippen LogP contribution in [-0.2, 0) is 29.0 Å². The van der Waals surface area contributed by atoms with Crippen molar-refractivity contribution in [3.8, 4) is 16.9 Å². The number of imide groups is 1. The third kappa shape index (κ3) is 6.73. The van der Waals surface area contributed by atoms with Gasteiger partial charge in [-0.05, 0) is 79.6 Å². The number of benzene rings is 2. The first-order chi connectivity index (χ1) is 28.5. The summed E-state index contributed by atoms with van der Waals surface area (Å²) in [6.45, 7) is 6.07. The maximum Gasteiger partial charge on any atom is 0.328 e. The van der Waals surface area contributed by atoms with Crippen LogP contribution in [0.4, 0.5) is 30.8 Å². The molecule has 5 amide bonds. The molecule has 0 aliphatic carbocycles. The third-order valence-electron chi connectivity index (χ3n) is 12.4. The number of anilines is 3. The Bertz CT molecular complexity index is 2520. The SMILES string of the molecule is COc1cn2ccnc2cc1-c1cc2c(cc1C(F)F)N(c1nn(C3CCN(C(=O)c4cccc(N5CCC(=O)NC5=O)c4C)CC3)c3c1CN(C(C)=O)CC3)CCC2. The molecule has 16 heteroatoms. The Hall–Kier alpha value is -6.32. The number of nitrogens with zero attached hydrogens (tertiary/aromatic N) is 8. The summed E-state index contributed by atoms with van der Waals surface area (Å²) < 4.78 is 39.8. The van der Waals surface area contributed by atoms with Gasteiger partial charge in [0, 0.05) is 104 Å². The van der Waals surface area contributed by atoms with Gasteiger partial charge >= 0.3 is 6.03 Å². The lowest BCUT2D eigenvalue weighted by atomic mass is 9.91. The number of nitrogens with one attached hydrogen (secondary N) is 1. The Morgan fingerprint density at radius 2 is 1.75 bits per heavy atom. The smallest absolute Gasteiger partial charge is 0.328 e. The lowest BCUT2D eigenvalue weighted by Crippen LogP contribution is -2.50. The number of rotatable bonds is 7. The van der Waals surface area contributed by atoms with E-state index in [4.69, 9.17) is 9.84 Å². The van der Waals surface area contributed by atoms with Crippen molar-refractivity contribution in [2.75, 3.05) is 49.6 Å². The van der Waals surface area contributed by atoms with Gasteiger partial charge in [0.25, 0.3) is 12.3 Å². The molecule has 0 bridgehead atoms. The molecular formula is C43H45F2N9O5. The highest BCUT2D eigenvalue weighted by molar-refractivity contribution is 6.07. The summed E-state index contributed by atoms with van der Waals surface area (Å²) >= 11 is 0. The molecule has 0 saturated carbocycles. The summed E-state index contributed by atoms with van der Waals surface area (Å²) in [5, 5.41) is 7.63. The molecule has 0 unspecified atom stereocenters. The van der Waals surface area contributed by atoms with Crippen LogP contribution in [0.3, 0.4) is 0 Å². The number of hydrogen-bond donors (Lipinski definition) is 1. The molecule has 2 saturated heterocycles. The number of carbonyl (C=O) groups is 4. The fourth-order valence-electron chi connectivity index (χ4n) is 9.24. The minimum absolute atomic E-state index is 0.0271. The predicted molar refractivity (Wildman–Crippen MR) is 215 cm³/mol. The highest BCUT2D eigenvalue weighted by atomic mass is 19.3. The van der Waals surface area contributed by atoms with Gasteiger partial charge in [0.2, 0.25) is 11.8 Å². The number of methoxy groups -OCH3 is 1. The van der Waals surface area contributed by atoms with Crippen molar-refractivity contribution in [1.29, 1.82) is 0 Å². The van der Waals surface area contributed by atoms with Crippen LogP contribution in [0.1, 0.15) is 83.4 Å². The van der Waals surface area contributed by atoms with E-state index >= 15 is 8.78 Å². The molecule has 14 nitrogen and oxygen atoms in total. The Morgan fingerprint density at radius 3 is 2.49 bits per heavy atom. The minimum Gasteiger partial charge on any atom is -0.495 e. The van der Waals surface area contributed by atoms with E-state index in [1.165, 1.54) is 12.0 Å². The molecule has 1 N–H and O–H groups in total. The zero-order valence-corrected chi connectivity index (χ0v) is 33.2. The first-order valence-corrected chi connectivity index (χ1v) is 20.1. The number of amides is 5. The van der Waals surface area contributed by atoms with Crippen LogP contribution in [0, 0.1) is 6.92 Å². The van der Waals surface area contributed by atoms with Gasteiger partial charge in [-0.15, -0.1) is 0 Å². The number of fused-ring (bicyclic) bond motifs is 3. The van der Waals surface area contributed by atoms with Crippen LogP contribution in [-0.4, -0.2) is 92.6 Å². The molecule has 9 rings (SSSR count). The molecule has 4 aliphatic heterocycles. The van der Waals surface area contributed by atoms with Gasteiger partial charge < -0.3 is 23.8 Å². The van der Waals surface area contributed by atoms with Gasteiger partial charge in [-0.2, -0.15) is 5.10 Å². The van der Waals surface area contributed by atoms with Crippen molar-refractivity contribution in [1.82, 2.24) is 34.3 Å². The molecule has 0 spiro atoms. The number of ether oxygens (including phenoxy) is 1. The molecule has 0 radical (unpaired) electrons. The average Bonchev–Trinajstić information content (AvgIpc) is 3.87. The van der Waals surface area contributed by atoms with Gasteiger partial charge in [0.15, 0.2) is 5.82 Å². The molecular weight excluding hydrogens is 761 g/mol. The van der Waals surface area contributed by atoms with Gasteiger partial charge in [-0.3, -0.25) is 29.3 Å². The maximum absolute atomic E-state index is 15.1. The fraction of sp³-hybridized carbons (Fsp3) is 0.395. The van der Waals surface area contributed by atoms with E-state index < -0.39 is 12.5 Å². The predicted octanol–water partition coefficient (Wildman–Crippen LogP) is 6.36. The molecule has 5 aromatic rings. The molecule has 306 valence electrons. The minimum atomic E-state index is -2.77. The lowest BCUT2D eigenvalue weighted by Gasteiger charge is -2.34. The van der Waals surface area contributed by atoms with Crippen molar-refractivity contribution < 1.29 is 32.7 Å². The summed E-state index contributed by atoms with van der Waals surface area (Å²) in [4.78, 5) is 62.6. The number of hydrogen-bond acceptors (Lipinski definition) is 8. The number of urea groups is 1. The number of likely N-dealkylation sites (tertiary alicyclic amines) is 1. The second kappa shape index (κ2) is 15.1. The van der Waals surface area contributed by atoms with E-state index in [0.717, 1.165) is 23.2 Å². The van der Waals surface area contributed by atoms with E-state index in [1.54, 1.807) is 65.1 Å². The molecule has 2 aromatic carbocycles. The zero-order valence-electron chi connectivity index (χ0n) is 33.2. The Labute approximate surface area is 339 Å². The third-order valence-corrected chi connectivity index (χ3v) is 12.4. The van der Waals surface area contributed by atoms with Crippen molar-refractivity contribution in [3.05, 3.63) is 88.5 Å². The fourth-order valence-corrected chi connectivity index (χ4v) is 9.24. The summed E-state index contributed by atoms with van der Waals surface area (Å²) in [6.07, 6.45) is 5.95. The molecule has 0 atom stereocenters. The van der Waals surface area contributed by atoms with Crippen molar-refractivity contribution in [2.45, 2.75) is 71.4 Å². The number of pyridine rings is 1. The van der Waals surface area contributed by atoms with E-state index in [0.29, 0.717) is 109 Å². The number of imidazole rings is 1. The van der Waals surface area contributed by atoms with Crippen molar-refractivity contribution in [2.24, 2.45) is 0 Å². The van der Waals surface area contributed by atoms with Crippen LogP contribution >= 0.6 is 0 Å². The van der Waals surface area contributed by atoms with Crippen LogP contribution < -0.4 is 19.9 Å². The Kier molecular flexibility index (Phi) is 9.80. The normalized spacial score (nSPS) is 17.4. The Balaban J connectivity index is 1.02. The number of alkyl halides is 2. The second-order valence-electron chi connectivity index (χ2n) is 15.7. The van der Waals surface area contributed by atoms with E-state index in [9.17, 15) is 19.2 Å². The number of halogens is 2. The van der Waals surface area contributed by atoms with Crippen molar-refractivity contribution in [3.63, 3.8) is 0 Å². The van der Waals surface area contributed by atoms with Crippen molar-refractivity contribution >= 4 is 46.6 Å². The summed E-state index contributed by atoms with van der Waals surface area (Å²) in [6, 6.07) is 10.0. The molecule has 3 aromatic heterocycles. The van der Waals surface area contributed by atoms with Crippen LogP contribution in [0.5, 0.6) is 5.75 Å². The van der Waals surface area contributed by atoms with Gasteiger partial charge in [0.05, 0.1) is 25.9 Å². The van der Waals surface area contributed by atoms with Crippen LogP contribution in [0.15, 0.2) is 55.0 Å². The zero-order chi connectivity index (χ0) is 41.1. The van der Waals surface area contributed by atoms with Gasteiger partial charge in [-0.25, -0.2) is 18.6 Å². The largest absolute Gasteiger partial charge is 0.495 e. The number of carbonyl (C=O) groups excluding carboxylic acids is 4. The highest BCUT2D eigenvalue weighted by Gasteiger charge is 2.36. The van der Waals surface area contributed by atoms with Crippen LogP contribution in [0.2, 0.25) is 0 Å². The van der Waals surface area contributed by atoms with E-state index in [2.05, 4.69) is 19.9 Å². The first-order valence-electron chi connectivity index (χ1n) is 20.1. The molecule has 2 fully saturated rings. The first kappa shape index (κ1) is 38.2. The monoisotopic (exact) mass is 805 g/mol. The standard InChI is InChI=1S/C43H45F2N9O5/c1-25-29(7-4-8-34(25)53-18-12-39(56)47-43(53)58)42(57)49-15-9-28(10-16-49)54-35-11-17-50(26(2)55)23-33(35)41(48-54)52-14-5-6-27-20-30(32(40(44)45)21-36(27)52)31-22-38-46-13-19-51(38)24-37(31)59-3/h4,7-8,13,19-22,24,28,40H,5-6,9-12,14-18,23H2,1-3H3,(H,47,56,58). The van der Waals surface area contributed by atoms with Gasteiger partial charge in [0.1, 0.15) is 11.4 Å². The van der Waals surface area contributed by atoms with Gasteiger partial charge in [-0.1, -0.05) is 6.07 Å². The molecule has 59 heavy (non-hydrogen) atoms. The number of aromatic nitrogens is 4. The van der Waals surface area contributed by atoms with E-state index in [1.807, 2.05) is 17.9 Å². The maximum atomic E-state index is 15.1. The average molecular weight is 806 g/mol. The topological polar surface area (TPSA) is 138 Å². The van der Waals surface area contributed by atoms with E-state index in [-0.39, 0.29) is 42.3 Å². The summed E-state index contributed by atoms with van der Waals surface area (Å²) in [5.41, 5.74) is 6.76. The second-order valence-corrected chi connectivity index (χ2v) is 15.7. The highest BCUT2D eigenvalue weighted by Crippen LogP contribution is 2.45. The molecule has 7 heterocycles. The summed E-state index contributed by atoms with van der Waals surface area (Å²) in [7, 11) is 1.53. The quantitative estimate of drug-likeness (QED) is 0.201. The molecule has 4 aliphatic rings. The lowest BCUT2D eigenvalue weighted by molar-refractivity contribution is -0.129. The summed E-state index contributed by atoms with van der Waals surface area (Å²) in [5.74, 6) is 0.646. The Morgan fingerprint density at radius 1 is 0.932 bits per heavy atom. The van der Waals surface area contributed by atoms with Crippen LogP contribution in [0.25, 0.3) is 16.8 Å².